The lowest BCUT2D eigenvalue weighted by Crippen LogP contribution is -2.51. The molecule has 1 N–H and O–H groups in total. The minimum absolute atomic E-state index is 0.427. The smallest absolute Gasteiger partial charge is 0.0450 e. The second-order valence-electron chi connectivity index (χ2n) is 4.54. The van der Waals surface area contributed by atoms with E-state index < -0.39 is 0 Å². The first-order valence-corrected chi connectivity index (χ1v) is 6.52. The van der Waals surface area contributed by atoms with Gasteiger partial charge in [-0.15, -0.1) is 0 Å². The third-order valence-electron chi connectivity index (χ3n) is 3.33. The summed E-state index contributed by atoms with van der Waals surface area (Å²) in [6.07, 6.45) is 2.01. The lowest BCUT2D eigenvalue weighted by molar-refractivity contribution is 0.157. The maximum absolute atomic E-state index is 5.60. The van der Waals surface area contributed by atoms with Crippen molar-refractivity contribution in [1.29, 1.82) is 0 Å². The molecule has 1 aliphatic heterocycles. The molecular formula is C14H19ClN2. The van der Waals surface area contributed by atoms with Gasteiger partial charge < -0.3 is 5.32 Å². The number of hydrogen-bond donors (Lipinski definition) is 1. The number of rotatable bonds is 3. The maximum Gasteiger partial charge on any atom is 0.0450 e. The van der Waals surface area contributed by atoms with Crippen LogP contribution in [0.15, 0.2) is 41.9 Å². The summed E-state index contributed by atoms with van der Waals surface area (Å²) in [6, 6.07) is 11.6. The molecule has 0 spiro atoms. The molecular weight excluding hydrogens is 232 g/mol. The standard InChI is InChI=1S/C14H19ClN2/c1-12-10-16-14(11-17(12)9-5-8-15)13-6-3-2-4-7-13/h2-8,12,14,16H,9-11H2,1H3/b8-5+. The van der Waals surface area contributed by atoms with E-state index in [1.54, 1.807) is 5.54 Å². The summed E-state index contributed by atoms with van der Waals surface area (Å²) >= 11 is 5.60. The molecule has 0 aromatic heterocycles. The summed E-state index contributed by atoms with van der Waals surface area (Å²) in [6.45, 7) is 5.23. The average Bonchev–Trinajstić information content (AvgIpc) is 2.39. The molecule has 3 heteroatoms. The summed E-state index contributed by atoms with van der Waals surface area (Å²) in [4.78, 5) is 2.45. The average molecular weight is 251 g/mol. The molecule has 0 aliphatic carbocycles. The number of piperazine rings is 1. The Morgan fingerprint density at radius 2 is 2.18 bits per heavy atom. The van der Waals surface area contributed by atoms with Crippen molar-refractivity contribution in [3.05, 3.63) is 47.5 Å². The molecule has 1 saturated heterocycles. The predicted molar refractivity (Wildman–Crippen MR) is 73.2 cm³/mol. The van der Waals surface area contributed by atoms with Crippen LogP contribution in [0.25, 0.3) is 0 Å². The van der Waals surface area contributed by atoms with Gasteiger partial charge in [-0.3, -0.25) is 4.90 Å². The van der Waals surface area contributed by atoms with Crippen LogP contribution in [0.1, 0.15) is 18.5 Å². The molecule has 17 heavy (non-hydrogen) atoms. The molecule has 0 saturated carbocycles. The van der Waals surface area contributed by atoms with Gasteiger partial charge in [0.1, 0.15) is 0 Å². The van der Waals surface area contributed by atoms with Gasteiger partial charge in [-0.25, -0.2) is 0 Å². The molecule has 0 radical (unpaired) electrons. The van der Waals surface area contributed by atoms with Crippen LogP contribution in [0.2, 0.25) is 0 Å². The number of nitrogens with one attached hydrogen (secondary N) is 1. The maximum atomic E-state index is 5.60. The van der Waals surface area contributed by atoms with E-state index in [4.69, 9.17) is 11.6 Å². The van der Waals surface area contributed by atoms with E-state index in [0.29, 0.717) is 12.1 Å². The van der Waals surface area contributed by atoms with E-state index in [0.717, 1.165) is 19.6 Å². The van der Waals surface area contributed by atoms with E-state index in [1.165, 1.54) is 5.56 Å². The zero-order chi connectivity index (χ0) is 12.1. The van der Waals surface area contributed by atoms with E-state index in [2.05, 4.69) is 47.5 Å². The Balaban J connectivity index is 2.02. The fraction of sp³-hybridized carbons (Fsp3) is 0.429. The highest BCUT2D eigenvalue weighted by Crippen LogP contribution is 2.19. The van der Waals surface area contributed by atoms with Crippen LogP contribution in [0.5, 0.6) is 0 Å². The minimum Gasteiger partial charge on any atom is -0.307 e. The van der Waals surface area contributed by atoms with Crippen molar-refractivity contribution >= 4 is 11.6 Å². The molecule has 1 aromatic carbocycles. The summed E-state index contributed by atoms with van der Waals surface area (Å²) in [5, 5.41) is 3.59. The lowest BCUT2D eigenvalue weighted by atomic mass is 10.0. The normalized spacial score (nSPS) is 26.5. The molecule has 2 atom stereocenters. The van der Waals surface area contributed by atoms with Gasteiger partial charge in [-0.2, -0.15) is 0 Å². The number of nitrogens with zero attached hydrogens (tertiary/aromatic N) is 1. The van der Waals surface area contributed by atoms with E-state index in [1.807, 2.05) is 6.08 Å². The zero-order valence-electron chi connectivity index (χ0n) is 10.1. The summed E-state index contributed by atoms with van der Waals surface area (Å²) < 4.78 is 0. The van der Waals surface area contributed by atoms with Crippen LogP contribution < -0.4 is 5.32 Å². The molecule has 1 fully saturated rings. The van der Waals surface area contributed by atoms with Gasteiger partial charge >= 0.3 is 0 Å². The second kappa shape index (κ2) is 6.20. The SMILES string of the molecule is CC1CNC(c2ccccc2)CN1C/C=C/Cl. The number of benzene rings is 1. The van der Waals surface area contributed by atoms with Crippen LogP contribution in [0.4, 0.5) is 0 Å². The Hall–Kier alpha value is -0.830. The van der Waals surface area contributed by atoms with Gasteiger partial charge in [0.15, 0.2) is 0 Å². The molecule has 2 unspecified atom stereocenters. The van der Waals surface area contributed by atoms with Gasteiger partial charge in [-0.1, -0.05) is 48.0 Å². The Kier molecular flexibility index (Phi) is 4.60. The Bertz CT molecular complexity index is 364. The monoisotopic (exact) mass is 250 g/mol. The summed E-state index contributed by atoms with van der Waals surface area (Å²) in [5.74, 6) is 0. The van der Waals surface area contributed by atoms with Gasteiger partial charge in [0.05, 0.1) is 0 Å². The summed E-state index contributed by atoms with van der Waals surface area (Å²) in [5.41, 5.74) is 2.96. The topological polar surface area (TPSA) is 15.3 Å². The van der Waals surface area contributed by atoms with Crippen molar-refractivity contribution in [3.8, 4) is 0 Å². The fourth-order valence-corrected chi connectivity index (χ4v) is 2.34. The number of hydrogen-bond acceptors (Lipinski definition) is 2. The van der Waals surface area contributed by atoms with Crippen molar-refractivity contribution in [1.82, 2.24) is 10.2 Å². The van der Waals surface area contributed by atoms with Crippen molar-refractivity contribution in [2.45, 2.75) is 19.0 Å². The Labute approximate surface area is 108 Å². The highest BCUT2D eigenvalue weighted by Gasteiger charge is 2.24. The quantitative estimate of drug-likeness (QED) is 0.888. The van der Waals surface area contributed by atoms with Crippen molar-refractivity contribution in [2.24, 2.45) is 0 Å². The lowest BCUT2D eigenvalue weighted by Gasteiger charge is -2.38. The molecule has 1 heterocycles. The Morgan fingerprint density at radius 3 is 2.88 bits per heavy atom. The van der Waals surface area contributed by atoms with Crippen molar-refractivity contribution in [3.63, 3.8) is 0 Å². The van der Waals surface area contributed by atoms with E-state index in [9.17, 15) is 0 Å². The van der Waals surface area contributed by atoms with Crippen LogP contribution in [-0.4, -0.2) is 30.6 Å². The first-order chi connectivity index (χ1) is 8.31. The molecule has 1 aromatic rings. The van der Waals surface area contributed by atoms with Crippen molar-refractivity contribution in [2.75, 3.05) is 19.6 Å². The summed E-state index contributed by atoms with van der Waals surface area (Å²) in [7, 11) is 0. The molecule has 92 valence electrons. The molecule has 2 nitrogen and oxygen atoms in total. The minimum atomic E-state index is 0.427. The van der Waals surface area contributed by atoms with E-state index in [-0.39, 0.29) is 0 Å². The second-order valence-corrected chi connectivity index (χ2v) is 4.79. The molecule has 0 bridgehead atoms. The third-order valence-corrected chi connectivity index (χ3v) is 3.51. The molecule has 0 amide bonds. The van der Waals surface area contributed by atoms with Crippen molar-refractivity contribution < 1.29 is 0 Å². The van der Waals surface area contributed by atoms with Crippen LogP contribution in [-0.2, 0) is 0 Å². The van der Waals surface area contributed by atoms with Crippen LogP contribution in [0, 0.1) is 0 Å². The van der Waals surface area contributed by atoms with Gasteiger partial charge in [0.25, 0.3) is 0 Å². The number of halogens is 1. The third kappa shape index (κ3) is 3.32. The van der Waals surface area contributed by atoms with E-state index >= 15 is 0 Å². The molecule has 1 aliphatic rings. The molecule has 2 rings (SSSR count). The fourth-order valence-electron chi connectivity index (χ4n) is 2.26. The van der Waals surface area contributed by atoms with Gasteiger partial charge in [0, 0.05) is 37.3 Å². The first-order valence-electron chi connectivity index (χ1n) is 6.09. The van der Waals surface area contributed by atoms with Gasteiger partial charge in [0.2, 0.25) is 0 Å². The largest absolute Gasteiger partial charge is 0.307 e. The highest BCUT2D eigenvalue weighted by molar-refractivity contribution is 6.25. The first kappa shape index (κ1) is 12.6. The Morgan fingerprint density at radius 1 is 1.41 bits per heavy atom. The van der Waals surface area contributed by atoms with Crippen LogP contribution >= 0.6 is 11.6 Å². The zero-order valence-corrected chi connectivity index (χ0v) is 10.9. The van der Waals surface area contributed by atoms with Crippen LogP contribution in [0.3, 0.4) is 0 Å². The highest BCUT2D eigenvalue weighted by atomic mass is 35.5. The van der Waals surface area contributed by atoms with Gasteiger partial charge in [-0.05, 0) is 12.5 Å². The predicted octanol–water partition coefficient (Wildman–Crippen LogP) is 2.77.